The Hall–Kier alpha value is -2.40. The number of hydrogen-bond donors (Lipinski definition) is 2. The maximum Gasteiger partial charge on any atom is 0.227 e. The second-order valence-electron chi connectivity index (χ2n) is 5.93. The van der Waals surface area contributed by atoms with Crippen LogP contribution in [0.1, 0.15) is 18.4 Å². The van der Waals surface area contributed by atoms with Gasteiger partial charge in [0.1, 0.15) is 5.82 Å². The average Bonchev–Trinajstić information content (AvgIpc) is 2.63. The minimum atomic E-state index is -0.233. The van der Waals surface area contributed by atoms with E-state index in [9.17, 15) is 9.18 Å². The SMILES string of the molecule is O=C(Nc1ccc(NCc2ccc(F)cc2)cc1)C1CCOCC1. The second kappa shape index (κ2) is 7.93. The van der Waals surface area contributed by atoms with Crippen molar-refractivity contribution in [2.24, 2.45) is 5.92 Å². The third-order valence-corrected chi connectivity index (χ3v) is 4.15. The van der Waals surface area contributed by atoms with Crippen molar-refractivity contribution in [1.29, 1.82) is 0 Å². The summed E-state index contributed by atoms with van der Waals surface area (Å²) in [6, 6.07) is 14.0. The molecule has 1 heterocycles. The van der Waals surface area contributed by atoms with Crippen LogP contribution in [0, 0.1) is 11.7 Å². The molecule has 0 aliphatic carbocycles. The highest BCUT2D eigenvalue weighted by atomic mass is 19.1. The Kier molecular flexibility index (Phi) is 5.43. The van der Waals surface area contributed by atoms with Crippen LogP contribution < -0.4 is 10.6 Å². The predicted octanol–water partition coefficient (Wildman–Crippen LogP) is 3.80. The number of nitrogens with one attached hydrogen (secondary N) is 2. The van der Waals surface area contributed by atoms with E-state index >= 15 is 0 Å². The van der Waals surface area contributed by atoms with E-state index in [4.69, 9.17) is 4.74 Å². The van der Waals surface area contributed by atoms with Gasteiger partial charge in [-0.15, -0.1) is 0 Å². The van der Waals surface area contributed by atoms with E-state index in [0.717, 1.165) is 29.8 Å². The molecule has 2 N–H and O–H groups in total. The van der Waals surface area contributed by atoms with E-state index in [0.29, 0.717) is 19.8 Å². The molecular weight excluding hydrogens is 307 g/mol. The first-order chi connectivity index (χ1) is 11.7. The van der Waals surface area contributed by atoms with Crippen LogP contribution in [0.2, 0.25) is 0 Å². The van der Waals surface area contributed by atoms with Gasteiger partial charge in [0.05, 0.1) is 0 Å². The van der Waals surface area contributed by atoms with Crippen molar-refractivity contribution >= 4 is 17.3 Å². The molecule has 24 heavy (non-hydrogen) atoms. The zero-order valence-electron chi connectivity index (χ0n) is 13.4. The third kappa shape index (κ3) is 4.55. The predicted molar refractivity (Wildman–Crippen MR) is 92.3 cm³/mol. The number of carbonyl (C=O) groups is 1. The Morgan fingerprint density at radius 2 is 1.62 bits per heavy atom. The van der Waals surface area contributed by atoms with Crippen molar-refractivity contribution in [1.82, 2.24) is 0 Å². The summed E-state index contributed by atoms with van der Waals surface area (Å²) in [5.41, 5.74) is 2.75. The maximum absolute atomic E-state index is 12.9. The fourth-order valence-corrected chi connectivity index (χ4v) is 2.68. The van der Waals surface area contributed by atoms with E-state index in [2.05, 4.69) is 10.6 Å². The van der Waals surface area contributed by atoms with Gasteiger partial charge in [-0.3, -0.25) is 4.79 Å². The number of anilines is 2. The highest BCUT2D eigenvalue weighted by Crippen LogP contribution is 2.19. The van der Waals surface area contributed by atoms with Gasteiger partial charge in [-0.2, -0.15) is 0 Å². The minimum absolute atomic E-state index is 0.0371. The van der Waals surface area contributed by atoms with Crippen molar-refractivity contribution in [3.05, 3.63) is 59.9 Å². The summed E-state index contributed by atoms with van der Waals surface area (Å²) in [4.78, 5) is 12.2. The molecule has 1 aliphatic rings. The smallest absolute Gasteiger partial charge is 0.227 e. The third-order valence-electron chi connectivity index (χ3n) is 4.15. The Morgan fingerprint density at radius 3 is 2.29 bits per heavy atom. The Labute approximate surface area is 141 Å². The standard InChI is InChI=1S/C19H21FN2O2/c20-16-3-1-14(2-4-16)13-21-17-5-7-18(8-6-17)22-19(23)15-9-11-24-12-10-15/h1-8,15,21H,9-13H2,(H,22,23). The van der Waals surface area contributed by atoms with Gasteiger partial charge in [0.15, 0.2) is 0 Å². The molecule has 0 radical (unpaired) electrons. The molecule has 1 aliphatic heterocycles. The first-order valence-electron chi connectivity index (χ1n) is 8.18. The minimum Gasteiger partial charge on any atom is -0.381 e. The van der Waals surface area contributed by atoms with Crippen LogP contribution in [0.25, 0.3) is 0 Å². The molecule has 0 atom stereocenters. The lowest BCUT2D eigenvalue weighted by atomic mass is 9.99. The van der Waals surface area contributed by atoms with Crippen LogP contribution in [0.4, 0.5) is 15.8 Å². The van der Waals surface area contributed by atoms with E-state index in [1.807, 2.05) is 24.3 Å². The molecule has 0 bridgehead atoms. The molecule has 5 heteroatoms. The highest BCUT2D eigenvalue weighted by molar-refractivity contribution is 5.92. The summed E-state index contributed by atoms with van der Waals surface area (Å²) in [6.07, 6.45) is 1.56. The fourth-order valence-electron chi connectivity index (χ4n) is 2.68. The van der Waals surface area contributed by atoms with Crippen LogP contribution in [0.3, 0.4) is 0 Å². The number of carbonyl (C=O) groups excluding carboxylic acids is 1. The van der Waals surface area contributed by atoms with Crippen LogP contribution in [0.15, 0.2) is 48.5 Å². The quantitative estimate of drug-likeness (QED) is 0.878. The summed E-state index contributed by atoms with van der Waals surface area (Å²) >= 11 is 0. The summed E-state index contributed by atoms with van der Waals surface area (Å²) in [5.74, 6) is -0.135. The van der Waals surface area contributed by atoms with Crippen molar-refractivity contribution < 1.29 is 13.9 Å². The van der Waals surface area contributed by atoms with E-state index < -0.39 is 0 Å². The van der Waals surface area contributed by atoms with Crippen LogP contribution in [-0.4, -0.2) is 19.1 Å². The number of ether oxygens (including phenoxy) is 1. The molecule has 2 aromatic rings. The zero-order valence-corrected chi connectivity index (χ0v) is 13.4. The number of amides is 1. The molecule has 126 valence electrons. The van der Waals surface area contributed by atoms with Gasteiger partial charge >= 0.3 is 0 Å². The normalized spacial score (nSPS) is 15.0. The lowest BCUT2D eigenvalue weighted by Crippen LogP contribution is -2.28. The number of halogens is 1. The maximum atomic E-state index is 12.9. The summed E-state index contributed by atoms with van der Waals surface area (Å²) in [6.45, 7) is 1.93. The largest absolute Gasteiger partial charge is 0.381 e. The first kappa shape index (κ1) is 16.5. The van der Waals surface area contributed by atoms with Gasteiger partial charge in [0.2, 0.25) is 5.91 Å². The molecule has 1 saturated heterocycles. The molecule has 0 spiro atoms. The van der Waals surface area contributed by atoms with Crippen molar-refractivity contribution in [2.45, 2.75) is 19.4 Å². The Bertz CT molecular complexity index is 665. The van der Waals surface area contributed by atoms with Crippen LogP contribution >= 0.6 is 0 Å². The average molecular weight is 328 g/mol. The molecule has 2 aromatic carbocycles. The monoisotopic (exact) mass is 328 g/mol. The van der Waals surface area contributed by atoms with Gasteiger partial charge in [0.25, 0.3) is 0 Å². The van der Waals surface area contributed by atoms with Gasteiger partial charge in [-0.05, 0) is 54.8 Å². The Morgan fingerprint density at radius 1 is 1.00 bits per heavy atom. The molecule has 1 amide bonds. The van der Waals surface area contributed by atoms with Crippen molar-refractivity contribution in [2.75, 3.05) is 23.8 Å². The second-order valence-corrected chi connectivity index (χ2v) is 5.93. The summed E-state index contributed by atoms with van der Waals surface area (Å²) in [7, 11) is 0. The lowest BCUT2D eigenvalue weighted by molar-refractivity contribution is -0.122. The Balaban J connectivity index is 1.51. The van der Waals surface area contributed by atoms with Crippen LogP contribution in [0.5, 0.6) is 0 Å². The summed E-state index contributed by atoms with van der Waals surface area (Å²) in [5, 5.41) is 6.23. The molecule has 3 rings (SSSR count). The van der Waals surface area contributed by atoms with Gasteiger partial charge in [-0.25, -0.2) is 4.39 Å². The summed E-state index contributed by atoms with van der Waals surface area (Å²) < 4.78 is 18.1. The van der Waals surface area contributed by atoms with Gasteiger partial charge in [0, 0.05) is 37.1 Å². The van der Waals surface area contributed by atoms with Crippen molar-refractivity contribution in [3.63, 3.8) is 0 Å². The topological polar surface area (TPSA) is 50.4 Å². The van der Waals surface area contributed by atoms with E-state index in [1.165, 1.54) is 12.1 Å². The number of rotatable bonds is 5. The lowest BCUT2D eigenvalue weighted by Gasteiger charge is -2.21. The number of hydrogen-bond acceptors (Lipinski definition) is 3. The van der Waals surface area contributed by atoms with E-state index in [1.54, 1.807) is 12.1 Å². The molecule has 0 unspecified atom stereocenters. The van der Waals surface area contributed by atoms with E-state index in [-0.39, 0.29) is 17.6 Å². The molecule has 0 aromatic heterocycles. The van der Waals surface area contributed by atoms with Gasteiger partial charge in [-0.1, -0.05) is 12.1 Å². The highest BCUT2D eigenvalue weighted by Gasteiger charge is 2.21. The van der Waals surface area contributed by atoms with Crippen molar-refractivity contribution in [3.8, 4) is 0 Å². The van der Waals surface area contributed by atoms with Gasteiger partial charge < -0.3 is 15.4 Å². The van der Waals surface area contributed by atoms with Crippen LogP contribution in [-0.2, 0) is 16.1 Å². The molecule has 4 nitrogen and oxygen atoms in total. The number of benzene rings is 2. The fraction of sp³-hybridized carbons (Fsp3) is 0.316. The molecular formula is C19H21FN2O2. The first-order valence-corrected chi connectivity index (χ1v) is 8.18. The molecule has 1 fully saturated rings. The zero-order chi connectivity index (χ0) is 16.8. The molecule has 0 saturated carbocycles.